The van der Waals surface area contributed by atoms with Gasteiger partial charge in [-0.1, -0.05) is 37.3 Å². The fraction of sp³-hybridized carbons (Fsp3) is 0.400. The third-order valence-electron chi connectivity index (χ3n) is 2.99. The Balaban J connectivity index is 1.88. The maximum absolute atomic E-state index is 12.3. The van der Waals surface area contributed by atoms with Gasteiger partial charge in [0.25, 0.3) is 5.91 Å². The Morgan fingerprint density at radius 1 is 1.55 bits per heavy atom. The number of hydrogen-bond donors (Lipinski definition) is 0. The molecule has 0 atom stereocenters. The van der Waals surface area contributed by atoms with Gasteiger partial charge in [0, 0.05) is 12.6 Å². The van der Waals surface area contributed by atoms with Crippen LogP contribution in [0.4, 0.5) is 0 Å². The minimum Gasteiger partial charge on any atom is -0.466 e. The molecule has 2 heterocycles. The Morgan fingerprint density at radius 2 is 2.36 bits per heavy atom. The summed E-state index contributed by atoms with van der Waals surface area (Å²) in [5.74, 6) is 0.0877. The van der Waals surface area contributed by atoms with E-state index in [1.807, 2.05) is 6.92 Å². The van der Waals surface area contributed by atoms with Crippen molar-refractivity contribution < 1.29 is 18.7 Å². The number of amides is 1. The highest BCUT2D eigenvalue weighted by molar-refractivity contribution is 8.26. The zero-order valence-corrected chi connectivity index (χ0v) is 13.9. The zero-order chi connectivity index (χ0) is 15.9. The summed E-state index contributed by atoms with van der Waals surface area (Å²) in [6, 6.07) is 3.51. The van der Waals surface area contributed by atoms with Crippen LogP contribution in [0.1, 0.15) is 31.9 Å². The number of furan rings is 1. The van der Waals surface area contributed by atoms with Crippen LogP contribution in [0.25, 0.3) is 6.08 Å². The topological polar surface area (TPSA) is 59.8 Å². The van der Waals surface area contributed by atoms with Crippen LogP contribution in [-0.2, 0) is 14.3 Å². The van der Waals surface area contributed by atoms with Gasteiger partial charge in [0.1, 0.15) is 10.1 Å². The Kier molecular flexibility index (Phi) is 6.21. The van der Waals surface area contributed by atoms with E-state index in [0.717, 1.165) is 12.8 Å². The summed E-state index contributed by atoms with van der Waals surface area (Å²) < 4.78 is 10.7. The molecule has 0 saturated carbocycles. The Labute approximate surface area is 138 Å². The lowest BCUT2D eigenvalue weighted by atomic mass is 10.3. The minimum atomic E-state index is -0.308. The van der Waals surface area contributed by atoms with E-state index in [0.29, 0.717) is 21.6 Å². The van der Waals surface area contributed by atoms with Gasteiger partial charge in [0.15, 0.2) is 0 Å². The van der Waals surface area contributed by atoms with Gasteiger partial charge in [0.05, 0.1) is 24.2 Å². The molecule has 0 aromatic carbocycles. The molecule has 1 amide bonds. The quantitative estimate of drug-likeness (QED) is 0.329. The van der Waals surface area contributed by atoms with Gasteiger partial charge in [-0.2, -0.15) is 0 Å². The number of carbonyl (C=O) groups excluding carboxylic acids is 2. The fourth-order valence-electron chi connectivity index (χ4n) is 1.80. The van der Waals surface area contributed by atoms with Gasteiger partial charge in [-0.15, -0.1) is 0 Å². The standard InChI is InChI=1S/C15H17NO4S2/c1-2-3-8-20-13(17)6-7-16-14(18)12(22-15(16)21)10-11-5-4-9-19-11/h4-5,9-10H,2-3,6-8H2,1H3. The molecule has 22 heavy (non-hydrogen) atoms. The van der Waals surface area contributed by atoms with Crippen molar-refractivity contribution in [1.82, 2.24) is 4.90 Å². The molecular formula is C15H17NO4S2. The summed E-state index contributed by atoms with van der Waals surface area (Å²) in [5.41, 5.74) is 0. The molecule has 0 bridgehead atoms. The predicted molar refractivity (Wildman–Crippen MR) is 89.1 cm³/mol. The molecule has 2 rings (SSSR count). The van der Waals surface area contributed by atoms with Gasteiger partial charge in [0.2, 0.25) is 0 Å². The molecule has 0 spiro atoms. The molecule has 1 aliphatic rings. The largest absolute Gasteiger partial charge is 0.466 e. The smallest absolute Gasteiger partial charge is 0.307 e. The number of thioether (sulfide) groups is 1. The van der Waals surface area contributed by atoms with E-state index < -0.39 is 0 Å². The van der Waals surface area contributed by atoms with E-state index in [1.165, 1.54) is 16.7 Å². The molecule has 1 aromatic heterocycles. The predicted octanol–water partition coefficient (Wildman–Crippen LogP) is 3.21. The third-order valence-corrected chi connectivity index (χ3v) is 4.37. The zero-order valence-electron chi connectivity index (χ0n) is 12.2. The fourth-order valence-corrected chi connectivity index (χ4v) is 3.09. The van der Waals surface area contributed by atoms with Crippen LogP contribution in [0.5, 0.6) is 0 Å². The third kappa shape index (κ3) is 4.45. The molecule has 7 heteroatoms. The maximum Gasteiger partial charge on any atom is 0.307 e. The lowest BCUT2D eigenvalue weighted by Gasteiger charge is -2.13. The molecule has 118 valence electrons. The molecule has 0 unspecified atom stereocenters. The number of rotatable bonds is 7. The van der Waals surface area contributed by atoms with Gasteiger partial charge in [-0.3, -0.25) is 14.5 Å². The number of unbranched alkanes of at least 4 members (excludes halogenated alkanes) is 1. The van der Waals surface area contributed by atoms with Crippen molar-refractivity contribution >= 4 is 46.3 Å². The van der Waals surface area contributed by atoms with E-state index in [4.69, 9.17) is 21.4 Å². The number of hydrogen-bond acceptors (Lipinski definition) is 6. The van der Waals surface area contributed by atoms with Crippen LogP contribution in [-0.4, -0.2) is 34.2 Å². The van der Waals surface area contributed by atoms with E-state index >= 15 is 0 Å². The first-order valence-corrected chi connectivity index (χ1v) is 8.28. The average Bonchev–Trinajstić information content (AvgIpc) is 3.08. The van der Waals surface area contributed by atoms with E-state index in [-0.39, 0.29) is 24.8 Å². The van der Waals surface area contributed by atoms with Crippen molar-refractivity contribution in [1.29, 1.82) is 0 Å². The molecule has 1 aliphatic heterocycles. The van der Waals surface area contributed by atoms with Gasteiger partial charge in [-0.25, -0.2) is 0 Å². The monoisotopic (exact) mass is 339 g/mol. The molecular weight excluding hydrogens is 322 g/mol. The summed E-state index contributed by atoms with van der Waals surface area (Å²) in [4.78, 5) is 25.8. The Morgan fingerprint density at radius 3 is 3.05 bits per heavy atom. The SMILES string of the molecule is CCCCOC(=O)CCN1C(=O)C(=Cc2ccco2)SC1=S. The molecule has 5 nitrogen and oxygen atoms in total. The molecule has 1 saturated heterocycles. The highest BCUT2D eigenvalue weighted by Gasteiger charge is 2.32. The second-order valence-electron chi connectivity index (χ2n) is 4.67. The van der Waals surface area contributed by atoms with E-state index in [9.17, 15) is 9.59 Å². The summed E-state index contributed by atoms with van der Waals surface area (Å²) >= 11 is 6.40. The van der Waals surface area contributed by atoms with Crippen LogP contribution in [0.2, 0.25) is 0 Å². The van der Waals surface area contributed by atoms with Crippen molar-refractivity contribution in [3.63, 3.8) is 0 Å². The Bertz CT molecular complexity index is 580. The summed E-state index contributed by atoms with van der Waals surface area (Å²) in [7, 11) is 0. The molecule has 0 aliphatic carbocycles. The molecule has 1 aromatic rings. The second kappa shape index (κ2) is 8.14. The highest BCUT2D eigenvalue weighted by Crippen LogP contribution is 2.32. The minimum absolute atomic E-state index is 0.143. The van der Waals surface area contributed by atoms with Crippen molar-refractivity contribution in [2.45, 2.75) is 26.2 Å². The number of carbonyl (C=O) groups is 2. The molecule has 0 N–H and O–H groups in total. The highest BCUT2D eigenvalue weighted by atomic mass is 32.2. The van der Waals surface area contributed by atoms with Gasteiger partial charge < -0.3 is 9.15 Å². The van der Waals surface area contributed by atoms with Crippen LogP contribution < -0.4 is 0 Å². The van der Waals surface area contributed by atoms with Crippen LogP contribution in [0, 0.1) is 0 Å². The lowest BCUT2D eigenvalue weighted by molar-refractivity contribution is -0.144. The van der Waals surface area contributed by atoms with Crippen LogP contribution >= 0.6 is 24.0 Å². The van der Waals surface area contributed by atoms with Crippen LogP contribution in [0.3, 0.4) is 0 Å². The molecule has 0 radical (unpaired) electrons. The van der Waals surface area contributed by atoms with Crippen LogP contribution in [0.15, 0.2) is 27.7 Å². The first-order chi connectivity index (χ1) is 10.6. The maximum atomic E-state index is 12.3. The summed E-state index contributed by atoms with van der Waals surface area (Å²) in [5, 5.41) is 0. The van der Waals surface area contributed by atoms with Gasteiger partial charge >= 0.3 is 5.97 Å². The van der Waals surface area contributed by atoms with E-state index in [1.54, 1.807) is 24.5 Å². The first kappa shape index (κ1) is 16.8. The van der Waals surface area contributed by atoms with Crippen molar-refractivity contribution in [2.24, 2.45) is 0 Å². The summed E-state index contributed by atoms with van der Waals surface area (Å²) in [6.45, 7) is 2.69. The van der Waals surface area contributed by atoms with Crippen molar-refractivity contribution in [3.05, 3.63) is 29.1 Å². The molecule has 1 fully saturated rings. The van der Waals surface area contributed by atoms with Gasteiger partial charge in [-0.05, 0) is 18.6 Å². The Hall–Kier alpha value is -1.60. The normalized spacial score (nSPS) is 16.6. The average molecular weight is 339 g/mol. The first-order valence-electron chi connectivity index (χ1n) is 7.06. The number of nitrogens with zero attached hydrogens (tertiary/aromatic N) is 1. The lowest BCUT2D eigenvalue weighted by Crippen LogP contribution is -2.30. The van der Waals surface area contributed by atoms with Crippen molar-refractivity contribution in [3.8, 4) is 0 Å². The number of esters is 1. The number of thiocarbonyl (C=S) groups is 1. The van der Waals surface area contributed by atoms with E-state index in [2.05, 4.69) is 0 Å². The second-order valence-corrected chi connectivity index (χ2v) is 6.35. The summed E-state index contributed by atoms with van der Waals surface area (Å²) in [6.07, 6.45) is 5.15. The number of ether oxygens (including phenoxy) is 1. The van der Waals surface area contributed by atoms with Crippen molar-refractivity contribution in [2.75, 3.05) is 13.2 Å².